The third kappa shape index (κ3) is 8.02. The van der Waals surface area contributed by atoms with Crippen molar-refractivity contribution in [2.75, 3.05) is 9.80 Å². The lowest BCUT2D eigenvalue weighted by molar-refractivity contribution is 0.140. The fourth-order valence-electron chi connectivity index (χ4n) is 16.2. The minimum absolute atomic E-state index is 0.160. The van der Waals surface area contributed by atoms with E-state index < -0.39 is 0 Å². The average Bonchev–Trinajstić information content (AvgIpc) is 1.75. The van der Waals surface area contributed by atoms with Crippen LogP contribution < -0.4 is 9.80 Å². The van der Waals surface area contributed by atoms with E-state index in [4.69, 9.17) is 8.83 Å². The predicted molar refractivity (Wildman–Crippen MR) is 356 cm³/mol. The molecule has 3 aliphatic rings. The number of para-hydroxylation sites is 4. The van der Waals surface area contributed by atoms with Crippen molar-refractivity contribution in [3.63, 3.8) is 0 Å². The molecule has 0 N–H and O–H groups in total. The first-order valence-electron chi connectivity index (χ1n) is 31.0. The molecule has 2 fully saturated rings. The topological polar surface area (TPSA) is 32.8 Å². The smallest absolute Gasteiger partial charge is 0.159 e. The second-order valence-electron chi connectivity index (χ2n) is 24.3. The third-order valence-corrected chi connectivity index (χ3v) is 19.9. The van der Waals surface area contributed by atoms with Gasteiger partial charge in [0.1, 0.15) is 11.2 Å². The van der Waals surface area contributed by atoms with Gasteiger partial charge < -0.3 is 18.6 Å². The molecule has 17 rings (SSSR count). The lowest BCUT2D eigenvalue weighted by Crippen LogP contribution is -2.44. The molecular formula is C81H64N2O2. The SMILES string of the molecule is c1ccc(-c2ccc(N(c3ccc4c5c(ccc4c3)-c3ccc4cc(N(c6ccc(-c7ccccc7)cc6)c6cccc7c6oc6ccccc67)ccc4c3C5(C3CCCCC3)C3CCCCC3)c3cccc4c3oc3ccccc34)cc2)cc1. The summed E-state index contributed by atoms with van der Waals surface area (Å²) in [5.74, 6) is 1.05. The van der Waals surface area contributed by atoms with Crippen LogP contribution in [0.4, 0.5) is 34.1 Å². The van der Waals surface area contributed by atoms with Gasteiger partial charge in [-0.1, -0.05) is 221 Å². The fourth-order valence-corrected chi connectivity index (χ4v) is 16.2. The molecule has 4 heteroatoms. The van der Waals surface area contributed by atoms with Crippen LogP contribution in [0.5, 0.6) is 0 Å². The number of hydrogen-bond donors (Lipinski definition) is 0. The molecule has 4 nitrogen and oxygen atoms in total. The highest BCUT2D eigenvalue weighted by atomic mass is 16.3. The summed E-state index contributed by atoms with van der Waals surface area (Å²) >= 11 is 0. The molecule has 3 aliphatic carbocycles. The van der Waals surface area contributed by atoms with E-state index in [1.165, 1.54) is 119 Å². The summed E-state index contributed by atoms with van der Waals surface area (Å²) in [4.78, 5) is 4.86. The Labute approximate surface area is 496 Å². The zero-order valence-electron chi connectivity index (χ0n) is 47.7. The molecular weight excluding hydrogens is 1030 g/mol. The van der Waals surface area contributed by atoms with Gasteiger partial charge in [-0.3, -0.25) is 0 Å². The fraction of sp³-hybridized carbons (Fsp3) is 0.160. The van der Waals surface area contributed by atoms with Gasteiger partial charge in [0.15, 0.2) is 11.2 Å². The molecule has 12 aromatic carbocycles. The van der Waals surface area contributed by atoms with E-state index in [9.17, 15) is 0 Å². The lowest BCUT2D eigenvalue weighted by atomic mass is 9.54. The summed E-state index contributed by atoms with van der Waals surface area (Å²) < 4.78 is 13.7. The number of anilines is 6. The molecule has 85 heavy (non-hydrogen) atoms. The standard InChI is InChI=1S/C81H64N2O2/c1-5-19-53(20-6-1)55-35-41-61(42-36-55)82(73-31-17-29-71-67-27-13-15-33-75(67)84-79(71)73)63-45-49-65-57(51-63)39-47-69-70-48-40-58-52-64(46-50-66(58)78(70)81(77(65)69,59-23-9-3-10-24-59)60-25-11-4-12-26-60)83(62-43-37-56(38-44-62)54-21-7-2-8-22-54)74-32-18-30-72-68-28-14-16-34-76(68)85-80(72)74/h1-2,5-8,13-22,27-52,59-60H,3-4,9-12,23-26H2. The Morgan fingerprint density at radius 2 is 0.671 bits per heavy atom. The van der Waals surface area contributed by atoms with Crippen molar-refractivity contribution in [3.8, 4) is 33.4 Å². The van der Waals surface area contributed by atoms with Crippen LogP contribution in [0.2, 0.25) is 0 Å². The molecule has 14 aromatic rings. The summed E-state index contributed by atoms with van der Waals surface area (Å²) in [6, 6.07) is 94.4. The number of rotatable bonds is 10. The van der Waals surface area contributed by atoms with Crippen LogP contribution in [0, 0.1) is 11.8 Å². The molecule has 0 bridgehead atoms. The molecule has 0 atom stereocenters. The largest absolute Gasteiger partial charge is 0.454 e. The molecule has 0 aliphatic heterocycles. The van der Waals surface area contributed by atoms with Gasteiger partial charge in [0.05, 0.1) is 11.4 Å². The van der Waals surface area contributed by atoms with Gasteiger partial charge in [0.25, 0.3) is 0 Å². The van der Waals surface area contributed by atoms with E-state index in [1.807, 2.05) is 0 Å². The summed E-state index contributed by atoms with van der Waals surface area (Å²) in [5.41, 5.74) is 20.7. The molecule has 0 amide bonds. The van der Waals surface area contributed by atoms with E-state index in [2.05, 4.69) is 265 Å². The van der Waals surface area contributed by atoms with Crippen LogP contribution in [0.1, 0.15) is 75.3 Å². The molecule has 2 heterocycles. The summed E-state index contributed by atoms with van der Waals surface area (Å²) in [6.45, 7) is 0. The molecule has 0 radical (unpaired) electrons. The molecule has 410 valence electrons. The Hall–Kier alpha value is -9.64. The summed E-state index contributed by atoms with van der Waals surface area (Å²) in [5, 5.41) is 9.84. The van der Waals surface area contributed by atoms with Crippen molar-refractivity contribution in [1.82, 2.24) is 0 Å². The second-order valence-corrected chi connectivity index (χ2v) is 24.3. The zero-order chi connectivity index (χ0) is 56.0. The Morgan fingerprint density at radius 1 is 0.294 bits per heavy atom. The second kappa shape index (κ2) is 20.3. The average molecular weight is 1100 g/mol. The first-order valence-corrected chi connectivity index (χ1v) is 31.0. The van der Waals surface area contributed by atoms with E-state index >= 15 is 0 Å². The maximum absolute atomic E-state index is 6.85. The number of furan rings is 2. The normalized spacial score (nSPS) is 15.3. The van der Waals surface area contributed by atoms with E-state index in [0.29, 0.717) is 11.8 Å². The highest BCUT2D eigenvalue weighted by molar-refractivity contribution is 6.13. The van der Waals surface area contributed by atoms with Crippen molar-refractivity contribution in [1.29, 1.82) is 0 Å². The monoisotopic (exact) mass is 1100 g/mol. The van der Waals surface area contributed by atoms with Gasteiger partial charge in [0, 0.05) is 49.7 Å². The number of fused-ring (bicyclic) bond motifs is 13. The van der Waals surface area contributed by atoms with Crippen LogP contribution in [0.25, 0.3) is 98.8 Å². The first-order chi connectivity index (χ1) is 42.2. The zero-order valence-corrected chi connectivity index (χ0v) is 47.7. The van der Waals surface area contributed by atoms with Crippen LogP contribution in [0.15, 0.2) is 264 Å². The van der Waals surface area contributed by atoms with Crippen molar-refractivity contribution in [3.05, 3.63) is 266 Å². The Balaban J connectivity index is 0.855. The van der Waals surface area contributed by atoms with Crippen LogP contribution in [-0.4, -0.2) is 0 Å². The molecule has 0 unspecified atom stereocenters. The van der Waals surface area contributed by atoms with Crippen LogP contribution >= 0.6 is 0 Å². The van der Waals surface area contributed by atoms with Gasteiger partial charge in [-0.2, -0.15) is 0 Å². The molecule has 2 aromatic heterocycles. The van der Waals surface area contributed by atoms with E-state index in [0.717, 1.165) is 78.0 Å². The lowest BCUT2D eigenvalue weighted by Gasteiger charge is -2.49. The molecule has 2 saturated carbocycles. The van der Waals surface area contributed by atoms with Gasteiger partial charge in [-0.25, -0.2) is 0 Å². The van der Waals surface area contributed by atoms with E-state index in [-0.39, 0.29) is 5.41 Å². The molecule has 0 spiro atoms. The number of hydrogen-bond acceptors (Lipinski definition) is 4. The number of nitrogens with zero attached hydrogens (tertiary/aromatic N) is 2. The molecule has 0 saturated heterocycles. The summed E-state index contributed by atoms with van der Waals surface area (Å²) in [7, 11) is 0. The van der Waals surface area contributed by atoms with Crippen molar-refractivity contribution < 1.29 is 8.83 Å². The Bertz CT molecular complexity index is 4540. The maximum Gasteiger partial charge on any atom is 0.159 e. The van der Waals surface area contributed by atoms with Gasteiger partial charge in [-0.05, 0) is 176 Å². The third-order valence-electron chi connectivity index (χ3n) is 19.9. The predicted octanol–water partition coefficient (Wildman–Crippen LogP) is 23.5. The number of benzene rings is 12. The Kier molecular flexibility index (Phi) is 11.9. The summed E-state index contributed by atoms with van der Waals surface area (Å²) in [6.07, 6.45) is 12.8. The van der Waals surface area contributed by atoms with Crippen LogP contribution in [-0.2, 0) is 5.41 Å². The van der Waals surface area contributed by atoms with Gasteiger partial charge in [0.2, 0.25) is 0 Å². The quantitative estimate of drug-likeness (QED) is 0.137. The maximum atomic E-state index is 6.85. The first kappa shape index (κ1) is 49.9. The van der Waals surface area contributed by atoms with Crippen molar-refractivity contribution in [2.45, 2.75) is 69.6 Å². The van der Waals surface area contributed by atoms with Crippen molar-refractivity contribution >= 4 is 99.5 Å². The van der Waals surface area contributed by atoms with Crippen molar-refractivity contribution in [2.24, 2.45) is 11.8 Å². The Morgan fingerprint density at radius 3 is 1.11 bits per heavy atom. The van der Waals surface area contributed by atoms with E-state index in [1.54, 1.807) is 11.1 Å². The van der Waals surface area contributed by atoms with Crippen LogP contribution in [0.3, 0.4) is 0 Å². The van der Waals surface area contributed by atoms with Gasteiger partial charge in [-0.15, -0.1) is 0 Å². The van der Waals surface area contributed by atoms with Gasteiger partial charge >= 0.3 is 0 Å². The highest BCUT2D eigenvalue weighted by Gasteiger charge is 2.55. The highest BCUT2D eigenvalue weighted by Crippen LogP contribution is 2.65. The minimum Gasteiger partial charge on any atom is -0.454 e. The minimum atomic E-state index is -0.160.